The topological polar surface area (TPSA) is 147 Å². The van der Waals surface area contributed by atoms with Gasteiger partial charge in [-0.25, -0.2) is 18.4 Å². The van der Waals surface area contributed by atoms with Crippen LogP contribution in [0.2, 0.25) is 0 Å². The Labute approximate surface area is 189 Å². The van der Waals surface area contributed by atoms with Crippen LogP contribution in [-0.2, 0) is 24.4 Å². The number of amides is 2. The van der Waals surface area contributed by atoms with Crippen LogP contribution in [0.5, 0.6) is 0 Å². The molecule has 0 aromatic heterocycles. The largest absolute Gasteiger partial charge is 0.480 e. The molecule has 2 aliphatic rings. The van der Waals surface area contributed by atoms with Gasteiger partial charge in [-0.15, -0.1) is 23.5 Å². The second-order valence-electron chi connectivity index (χ2n) is 8.25. The molecule has 1 aromatic carbocycles. The number of nitrogens with one attached hydrogen (secondary N) is 1. The van der Waals surface area contributed by atoms with Crippen LogP contribution >= 0.6 is 23.5 Å². The van der Waals surface area contributed by atoms with E-state index in [9.17, 15) is 27.9 Å². The van der Waals surface area contributed by atoms with E-state index in [1.165, 1.54) is 40.6 Å². The summed E-state index contributed by atoms with van der Waals surface area (Å²) >= 11 is 2.62. The molecule has 0 saturated carbocycles. The maximum atomic E-state index is 13.0. The molecule has 12 heteroatoms. The number of hydrogen-bond donors (Lipinski definition) is 3. The average Bonchev–Trinajstić information content (AvgIpc) is 2.95. The van der Waals surface area contributed by atoms with Crippen molar-refractivity contribution in [2.24, 2.45) is 5.14 Å². The zero-order chi connectivity index (χ0) is 23.4. The fourth-order valence-corrected chi connectivity index (χ4v) is 6.98. The van der Waals surface area contributed by atoms with Gasteiger partial charge in [0.2, 0.25) is 15.9 Å². The third-order valence-electron chi connectivity index (χ3n) is 5.49. The van der Waals surface area contributed by atoms with E-state index in [1.807, 2.05) is 6.92 Å². The number of nitrogens with two attached hydrogens (primary N) is 1. The van der Waals surface area contributed by atoms with Gasteiger partial charge in [0.25, 0.3) is 5.91 Å². The highest BCUT2D eigenvalue weighted by atomic mass is 32.2. The monoisotopic (exact) mass is 487 g/mol. The van der Waals surface area contributed by atoms with Gasteiger partial charge in [-0.3, -0.25) is 9.59 Å². The quantitative estimate of drug-likeness (QED) is 0.384. The summed E-state index contributed by atoms with van der Waals surface area (Å²) in [5.41, 5.74) is -1.19. The Morgan fingerprint density at radius 3 is 2.35 bits per heavy atom. The number of fused-ring (bicyclic) bond motifs is 1. The predicted octanol–water partition coefficient (Wildman–Crippen LogP) is 1.23. The molecule has 3 rings (SSSR count). The number of sulfonamides is 1. The molecule has 2 saturated heterocycles. The Kier molecular flexibility index (Phi) is 6.15. The van der Waals surface area contributed by atoms with E-state index in [0.717, 1.165) is 0 Å². The summed E-state index contributed by atoms with van der Waals surface area (Å²) < 4.78 is 22.1. The molecule has 9 nitrogen and oxygen atoms in total. The highest BCUT2D eigenvalue weighted by Crippen LogP contribution is 2.54. The minimum Gasteiger partial charge on any atom is -0.480 e. The van der Waals surface area contributed by atoms with Gasteiger partial charge in [0, 0.05) is 9.64 Å². The zero-order valence-corrected chi connectivity index (χ0v) is 19.9. The number of hydrogen-bond acceptors (Lipinski definition) is 7. The summed E-state index contributed by atoms with van der Waals surface area (Å²) in [6.07, 6.45) is 0.475. The summed E-state index contributed by atoms with van der Waals surface area (Å²) in [6.45, 7) is 7.02. The van der Waals surface area contributed by atoms with Crippen LogP contribution in [-0.4, -0.2) is 63.2 Å². The maximum Gasteiger partial charge on any atom is 0.327 e. The average molecular weight is 488 g/mol. The summed E-state index contributed by atoms with van der Waals surface area (Å²) in [4.78, 5) is 39.5. The number of rotatable bonds is 7. The summed E-state index contributed by atoms with van der Waals surface area (Å²) in [6, 6.07) is 4.95. The standard InChI is InChI=1S/C19H25N3O6S3/c1-5-12(29-10-6-8-11(9-7-10)31(20,27)28)14(23)21-19(4)16(26)22-13(15(24)25)18(2,3)30-17(19)22/h6-9,12-13,17H,5H2,1-4H3,(H,21,23)(H,24,25)(H2,20,27,28)/t12?,13-,17+,19-/m0/s1. The van der Waals surface area contributed by atoms with Gasteiger partial charge in [0.1, 0.15) is 17.0 Å². The zero-order valence-electron chi connectivity index (χ0n) is 17.5. The van der Waals surface area contributed by atoms with Crippen LogP contribution in [0.15, 0.2) is 34.1 Å². The second kappa shape index (κ2) is 7.98. The van der Waals surface area contributed by atoms with Gasteiger partial charge in [0.05, 0.1) is 10.1 Å². The molecule has 4 atom stereocenters. The van der Waals surface area contributed by atoms with E-state index >= 15 is 0 Å². The number of primary sulfonamides is 1. The first kappa shape index (κ1) is 23.9. The number of aliphatic carboxylic acids is 1. The molecule has 1 aromatic rings. The van der Waals surface area contributed by atoms with E-state index in [-0.39, 0.29) is 10.8 Å². The predicted molar refractivity (Wildman–Crippen MR) is 118 cm³/mol. The molecule has 0 spiro atoms. The minimum atomic E-state index is -3.80. The highest BCUT2D eigenvalue weighted by Gasteiger charge is 2.70. The first-order chi connectivity index (χ1) is 14.2. The Hall–Kier alpha value is -1.76. The molecular weight excluding hydrogens is 462 g/mol. The number of carbonyl (C=O) groups is 3. The molecule has 2 heterocycles. The van der Waals surface area contributed by atoms with Crippen molar-refractivity contribution in [3.8, 4) is 0 Å². The lowest BCUT2D eigenvalue weighted by Gasteiger charge is -2.51. The Morgan fingerprint density at radius 1 is 1.29 bits per heavy atom. The van der Waals surface area contributed by atoms with Crippen molar-refractivity contribution in [1.29, 1.82) is 0 Å². The third-order valence-corrected chi connectivity index (χ3v) is 9.55. The molecule has 4 N–H and O–H groups in total. The number of benzene rings is 1. The maximum absolute atomic E-state index is 13.0. The van der Waals surface area contributed by atoms with E-state index in [1.54, 1.807) is 32.9 Å². The first-order valence-corrected chi connectivity index (χ1v) is 12.9. The van der Waals surface area contributed by atoms with Crippen molar-refractivity contribution in [1.82, 2.24) is 10.2 Å². The lowest BCUT2D eigenvalue weighted by molar-refractivity contribution is -0.167. The second-order valence-corrected chi connectivity index (χ2v) is 12.8. The summed E-state index contributed by atoms with van der Waals surface area (Å²) in [5, 5.41) is 16.5. The van der Waals surface area contributed by atoms with E-state index in [0.29, 0.717) is 11.3 Å². The summed E-state index contributed by atoms with van der Waals surface area (Å²) in [5.74, 6) is -1.81. The molecular formula is C19H25N3O6S3. The molecule has 170 valence electrons. The van der Waals surface area contributed by atoms with Crippen molar-refractivity contribution in [2.45, 2.75) is 70.9 Å². The van der Waals surface area contributed by atoms with Gasteiger partial charge >= 0.3 is 5.97 Å². The van der Waals surface area contributed by atoms with Crippen LogP contribution < -0.4 is 10.5 Å². The van der Waals surface area contributed by atoms with Gasteiger partial charge < -0.3 is 15.3 Å². The first-order valence-electron chi connectivity index (χ1n) is 9.57. The van der Waals surface area contributed by atoms with Crippen molar-refractivity contribution in [3.63, 3.8) is 0 Å². The minimum absolute atomic E-state index is 0.0177. The van der Waals surface area contributed by atoms with Crippen LogP contribution in [0.1, 0.15) is 34.1 Å². The molecule has 0 radical (unpaired) electrons. The van der Waals surface area contributed by atoms with Crippen LogP contribution in [0.25, 0.3) is 0 Å². The number of thioether (sulfide) groups is 2. The Bertz CT molecular complexity index is 1030. The molecule has 0 bridgehead atoms. The summed E-state index contributed by atoms with van der Waals surface area (Å²) in [7, 11) is -3.80. The molecule has 2 aliphatic heterocycles. The SMILES string of the molecule is CCC(Sc1ccc(S(N)(=O)=O)cc1)C(=O)N[C@@]1(C)C(=O)N2[C@@H](C(=O)O)C(C)(C)S[C@@H]21. The smallest absolute Gasteiger partial charge is 0.327 e. The van der Waals surface area contributed by atoms with Crippen molar-refractivity contribution >= 4 is 51.3 Å². The molecule has 2 fully saturated rings. The normalized spacial score (nSPS) is 27.9. The van der Waals surface area contributed by atoms with E-state index < -0.39 is 48.9 Å². The number of carbonyl (C=O) groups excluding carboxylic acids is 2. The van der Waals surface area contributed by atoms with Gasteiger partial charge in [-0.05, 0) is 51.5 Å². The number of β-lactam (4-membered cyclic amide) rings is 1. The molecule has 0 aliphatic carbocycles. The van der Waals surface area contributed by atoms with E-state index in [4.69, 9.17) is 5.14 Å². The lowest BCUT2D eigenvalue weighted by atomic mass is 9.86. The van der Waals surface area contributed by atoms with Crippen LogP contribution in [0.3, 0.4) is 0 Å². The lowest BCUT2D eigenvalue weighted by Crippen LogP contribution is -2.78. The number of nitrogens with zero attached hydrogens (tertiary/aromatic N) is 1. The molecule has 31 heavy (non-hydrogen) atoms. The van der Waals surface area contributed by atoms with Crippen LogP contribution in [0.4, 0.5) is 0 Å². The van der Waals surface area contributed by atoms with Crippen molar-refractivity contribution < 1.29 is 27.9 Å². The number of carboxylic acids is 1. The Morgan fingerprint density at radius 2 is 1.87 bits per heavy atom. The molecule has 2 amide bonds. The van der Waals surface area contributed by atoms with E-state index in [2.05, 4.69) is 5.32 Å². The highest BCUT2D eigenvalue weighted by molar-refractivity contribution is 8.01. The van der Waals surface area contributed by atoms with Crippen LogP contribution in [0, 0.1) is 0 Å². The fourth-order valence-electron chi connectivity index (χ4n) is 3.87. The van der Waals surface area contributed by atoms with Crippen molar-refractivity contribution in [2.75, 3.05) is 0 Å². The van der Waals surface area contributed by atoms with Gasteiger partial charge in [-0.2, -0.15) is 0 Å². The molecule has 1 unspecified atom stereocenters. The third kappa shape index (κ3) is 4.18. The fraction of sp³-hybridized carbons (Fsp3) is 0.526. The van der Waals surface area contributed by atoms with Gasteiger partial charge in [0.15, 0.2) is 0 Å². The van der Waals surface area contributed by atoms with Crippen molar-refractivity contribution in [3.05, 3.63) is 24.3 Å². The Balaban J connectivity index is 1.73. The number of carboxylic acid groups (broad SMARTS) is 1. The van der Waals surface area contributed by atoms with Gasteiger partial charge in [-0.1, -0.05) is 6.92 Å².